The van der Waals surface area contributed by atoms with Gasteiger partial charge in [0.15, 0.2) is 0 Å². The molecule has 0 aromatic heterocycles. The molecule has 0 aliphatic rings. The lowest BCUT2D eigenvalue weighted by Gasteiger charge is -2.18. The molecule has 1 unspecified atom stereocenters. The molecule has 0 radical (unpaired) electrons. The van der Waals surface area contributed by atoms with E-state index in [9.17, 15) is 4.79 Å². The highest BCUT2D eigenvalue weighted by molar-refractivity contribution is 9.10. The van der Waals surface area contributed by atoms with Crippen LogP contribution in [-0.2, 0) is 0 Å². The van der Waals surface area contributed by atoms with Gasteiger partial charge in [0.1, 0.15) is 5.75 Å². The van der Waals surface area contributed by atoms with Gasteiger partial charge in [-0.1, -0.05) is 31.2 Å². The topological polar surface area (TPSA) is 38.3 Å². The molecule has 1 N–H and O–H groups in total. The number of hydrogen-bond acceptors (Lipinski definition) is 2. The Balaban J connectivity index is 2.15. The molecule has 110 valence electrons. The lowest BCUT2D eigenvalue weighted by Crippen LogP contribution is -2.28. The van der Waals surface area contributed by atoms with Crippen molar-refractivity contribution in [2.75, 3.05) is 7.11 Å². The first-order chi connectivity index (χ1) is 10.2. The zero-order chi connectivity index (χ0) is 15.2. The highest BCUT2D eigenvalue weighted by atomic mass is 79.9. The van der Waals surface area contributed by atoms with Gasteiger partial charge in [-0.05, 0) is 52.2 Å². The van der Waals surface area contributed by atoms with Crippen LogP contribution in [-0.4, -0.2) is 13.0 Å². The number of hydrogen-bond donors (Lipinski definition) is 1. The van der Waals surface area contributed by atoms with Crippen molar-refractivity contribution in [3.63, 3.8) is 0 Å². The smallest absolute Gasteiger partial charge is 0.252 e. The fourth-order valence-electron chi connectivity index (χ4n) is 2.14. The molecule has 1 atom stereocenters. The molecule has 0 spiro atoms. The summed E-state index contributed by atoms with van der Waals surface area (Å²) < 4.78 is 5.95. The van der Waals surface area contributed by atoms with Crippen molar-refractivity contribution in [1.29, 1.82) is 0 Å². The van der Waals surface area contributed by atoms with Gasteiger partial charge in [-0.25, -0.2) is 0 Å². The van der Waals surface area contributed by atoms with Crippen LogP contribution < -0.4 is 10.1 Å². The van der Waals surface area contributed by atoms with Crippen molar-refractivity contribution >= 4 is 21.8 Å². The number of ether oxygens (including phenoxy) is 1. The van der Waals surface area contributed by atoms with Gasteiger partial charge in [-0.2, -0.15) is 0 Å². The zero-order valence-corrected chi connectivity index (χ0v) is 13.7. The summed E-state index contributed by atoms with van der Waals surface area (Å²) >= 11 is 3.41. The van der Waals surface area contributed by atoms with Crippen molar-refractivity contribution < 1.29 is 9.53 Å². The number of methoxy groups -OCH3 is 1. The van der Waals surface area contributed by atoms with E-state index in [0.29, 0.717) is 5.56 Å². The molecule has 4 heteroatoms. The molecule has 0 aliphatic carbocycles. The quantitative estimate of drug-likeness (QED) is 0.873. The number of amides is 1. The summed E-state index contributed by atoms with van der Waals surface area (Å²) in [5, 5.41) is 3.07. The van der Waals surface area contributed by atoms with Crippen molar-refractivity contribution in [3.05, 3.63) is 64.1 Å². The minimum absolute atomic E-state index is 0.0180. The van der Waals surface area contributed by atoms with E-state index in [-0.39, 0.29) is 11.9 Å². The molecule has 2 aromatic rings. The fourth-order valence-corrected chi connectivity index (χ4v) is 2.60. The van der Waals surface area contributed by atoms with E-state index in [2.05, 4.69) is 28.2 Å². The maximum Gasteiger partial charge on any atom is 0.252 e. The van der Waals surface area contributed by atoms with E-state index >= 15 is 0 Å². The maximum absolute atomic E-state index is 12.4. The van der Waals surface area contributed by atoms with E-state index in [1.807, 2.05) is 42.5 Å². The molecule has 3 nitrogen and oxygen atoms in total. The number of benzene rings is 2. The van der Waals surface area contributed by atoms with Crippen LogP contribution in [0.2, 0.25) is 0 Å². The van der Waals surface area contributed by atoms with Gasteiger partial charge in [0.2, 0.25) is 0 Å². The summed E-state index contributed by atoms with van der Waals surface area (Å²) in [6.07, 6.45) is 0.822. The average Bonchev–Trinajstić information content (AvgIpc) is 2.53. The summed E-state index contributed by atoms with van der Waals surface area (Å²) in [6, 6.07) is 15.2. The third-order valence-electron chi connectivity index (χ3n) is 3.35. The Morgan fingerprint density at radius 3 is 2.43 bits per heavy atom. The van der Waals surface area contributed by atoms with Gasteiger partial charge < -0.3 is 10.1 Å². The van der Waals surface area contributed by atoms with E-state index < -0.39 is 0 Å². The van der Waals surface area contributed by atoms with Gasteiger partial charge in [0, 0.05) is 4.47 Å². The van der Waals surface area contributed by atoms with Gasteiger partial charge in [-0.15, -0.1) is 0 Å². The Labute approximate surface area is 133 Å². The van der Waals surface area contributed by atoms with Crippen LogP contribution in [0.3, 0.4) is 0 Å². The summed E-state index contributed by atoms with van der Waals surface area (Å²) in [7, 11) is 1.64. The van der Waals surface area contributed by atoms with Crippen LogP contribution >= 0.6 is 15.9 Å². The van der Waals surface area contributed by atoms with Gasteiger partial charge in [0.05, 0.1) is 18.7 Å². The molecule has 2 aromatic carbocycles. The number of rotatable bonds is 5. The second kappa shape index (κ2) is 7.27. The molecule has 0 saturated heterocycles. The van der Waals surface area contributed by atoms with Crippen LogP contribution in [0, 0.1) is 0 Å². The second-order valence-electron chi connectivity index (χ2n) is 4.69. The Hall–Kier alpha value is -1.81. The third-order valence-corrected chi connectivity index (χ3v) is 4.04. The third kappa shape index (κ3) is 3.85. The number of carbonyl (C=O) groups is 1. The molecule has 0 heterocycles. The largest absolute Gasteiger partial charge is 0.497 e. The summed E-state index contributed by atoms with van der Waals surface area (Å²) in [4.78, 5) is 12.4. The van der Waals surface area contributed by atoms with Crippen molar-refractivity contribution in [2.24, 2.45) is 0 Å². The average molecular weight is 348 g/mol. The Kier molecular flexibility index (Phi) is 5.39. The Bertz CT molecular complexity index is 610. The zero-order valence-electron chi connectivity index (χ0n) is 12.1. The lowest BCUT2D eigenvalue weighted by molar-refractivity contribution is 0.0935. The molecule has 1 amide bonds. The summed E-state index contributed by atoms with van der Waals surface area (Å²) in [5.74, 6) is 0.732. The molecule has 0 aliphatic heterocycles. The molecular formula is C17H18BrNO2. The van der Waals surface area contributed by atoms with E-state index in [1.54, 1.807) is 13.2 Å². The van der Waals surface area contributed by atoms with E-state index in [4.69, 9.17) is 4.74 Å². The monoisotopic (exact) mass is 347 g/mol. The normalized spacial score (nSPS) is 11.8. The number of carbonyl (C=O) groups excluding carboxylic acids is 1. The molecular weight excluding hydrogens is 330 g/mol. The first-order valence-electron chi connectivity index (χ1n) is 6.85. The Morgan fingerprint density at radius 1 is 1.19 bits per heavy atom. The number of nitrogens with one attached hydrogen (secondary N) is 1. The molecule has 0 bridgehead atoms. The van der Waals surface area contributed by atoms with Gasteiger partial charge in [-0.3, -0.25) is 4.79 Å². The lowest BCUT2D eigenvalue weighted by atomic mass is 10.0. The molecule has 0 saturated carbocycles. The van der Waals surface area contributed by atoms with Crippen LogP contribution in [0.25, 0.3) is 0 Å². The molecule has 2 rings (SSSR count). The minimum atomic E-state index is -0.0786. The molecule has 21 heavy (non-hydrogen) atoms. The summed E-state index contributed by atoms with van der Waals surface area (Å²) in [5.41, 5.74) is 1.71. The van der Waals surface area contributed by atoms with Crippen LogP contribution in [0.5, 0.6) is 5.75 Å². The van der Waals surface area contributed by atoms with Gasteiger partial charge in [0.25, 0.3) is 5.91 Å². The summed E-state index contributed by atoms with van der Waals surface area (Å²) in [6.45, 7) is 2.05. The Morgan fingerprint density at radius 2 is 1.86 bits per heavy atom. The van der Waals surface area contributed by atoms with Crippen molar-refractivity contribution in [3.8, 4) is 5.75 Å². The maximum atomic E-state index is 12.4. The van der Waals surface area contributed by atoms with Crippen molar-refractivity contribution in [1.82, 2.24) is 5.32 Å². The predicted octanol–water partition coefficient (Wildman–Crippen LogP) is 4.34. The van der Waals surface area contributed by atoms with Crippen LogP contribution in [0.4, 0.5) is 0 Å². The van der Waals surface area contributed by atoms with Crippen molar-refractivity contribution in [2.45, 2.75) is 19.4 Å². The second-order valence-corrected chi connectivity index (χ2v) is 5.54. The fraction of sp³-hybridized carbons (Fsp3) is 0.235. The van der Waals surface area contributed by atoms with Crippen LogP contribution in [0.15, 0.2) is 53.0 Å². The van der Waals surface area contributed by atoms with E-state index in [1.165, 1.54) is 0 Å². The first kappa shape index (κ1) is 15.6. The highest BCUT2D eigenvalue weighted by Gasteiger charge is 2.15. The standard InChI is InChI=1S/C17H18BrNO2/c1-3-16(12-8-10-13(21-2)11-9-12)19-17(20)14-6-4-5-7-15(14)18/h4-11,16H,3H2,1-2H3,(H,19,20). The first-order valence-corrected chi connectivity index (χ1v) is 7.64. The number of halogens is 1. The highest BCUT2D eigenvalue weighted by Crippen LogP contribution is 2.22. The van der Waals surface area contributed by atoms with E-state index in [0.717, 1.165) is 22.2 Å². The molecule has 0 fully saturated rings. The van der Waals surface area contributed by atoms with Gasteiger partial charge >= 0.3 is 0 Å². The SMILES string of the molecule is CCC(NC(=O)c1ccccc1Br)c1ccc(OC)cc1. The predicted molar refractivity (Wildman–Crippen MR) is 87.6 cm³/mol. The minimum Gasteiger partial charge on any atom is -0.497 e. The van der Waals surface area contributed by atoms with Crippen LogP contribution in [0.1, 0.15) is 35.3 Å².